The lowest BCUT2D eigenvalue weighted by Crippen LogP contribution is -1.95. The number of hydrogen-bond acceptors (Lipinski definition) is 0. The van der Waals surface area contributed by atoms with Gasteiger partial charge in [-0.1, -0.05) is 64.1 Å². The van der Waals surface area contributed by atoms with Gasteiger partial charge in [-0.2, -0.15) is 0 Å². The van der Waals surface area contributed by atoms with Gasteiger partial charge in [0, 0.05) is 5.56 Å². The van der Waals surface area contributed by atoms with Gasteiger partial charge in [0.1, 0.15) is 5.82 Å². The highest BCUT2D eigenvalue weighted by Gasteiger charge is 2.12. The van der Waals surface area contributed by atoms with E-state index < -0.39 is 0 Å². The summed E-state index contributed by atoms with van der Waals surface area (Å²) in [6.45, 7) is 14.1. The Morgan fingerprint density at radius 3 is 2.32 bits per heavy atom. The molecule has 0 aliphatic rings. The van der Waals surface area contributed by atoms with Crippen LogP contribution in [0, 0.1) is 12.7 Å². The van der Waals surface area contributed by atoms with Gasteiger partial charge in [-0.15, -0.1) is 0 Å². The standard InChI is InChI=1S/C16H17F.C2H6/c1-5-13-15(17)7-6-12-8-11(4)9-14(10(2)3)16(12)13;1-2/h5-10H,1H2,2-4H3;1-2H3. The highest BCUT2D eigenvalue weighted by atomic mass is 19.1. The zero-order chi connectivity index (χ0) is 14.6. The second-order valence-electron chi connectivity index (χ2n) is 4.77. The minimum Gasteiger partial charge on any atom is -0.206 e. The van der Waals surface area contributed by atoms with Gasteiger partial charge in [0.2, 0.25) is 0 Å². The van der Waals surface area contributed by atoms with Crippen LogP contribution in [0.3, 0.4) is 0 Å². The zero-order valence-electron chi connectivity index (χ0n) is 12.5. The summed E-state index contributed by atoms with van der Waals surface area (Å²) in [5, 5.41) is 2.09. The number of hydrogen-bond donors (Lipinski definition) is 0. The molecule has 2 rings (SSSR count). The third-order valence-electron chi connectivity index (χ3n) is 3.11. The van der Waals surface area contributed by atoms with Crippen molar-refractivity contribution in [1.29, 1.82) is 0 Å². The van der Waals surface area contributed by atoms with Crippen LogP contribution in [0.1, 0.15) is 50.3 Å². The predicted molar refractivity (Wildman–Crippen MR) is 84.2 cm³/mol. The molecular weight excluding hydrogens is 235 g/mol. The molecule has 19 heavy (non-hydrogen) atoms. The Bertz CT molecular complexity index is 580. The van der Waals surface area contributed by atoms with Gasteiger partial charge < -0.3 is 0 Å². The minimum absolute atomic E-state index is 0.196. The lowest BCUT2D eigenvalue weighted by atomic mass is 9.91. The van der Waals surface area contributed by atoms with Crippen LogP contribution in [0.15, 0.2) is 30.8 Å². The number of fused-ring (bicyclic) bond motifs is 1. The molecule has 0 nitrogen and oxygen atoms in total. The highest BCUT2D eigenvalue weighted by Crippen LogP contribution is 2.31. The van der Waals surface area contributed by atoms with Crippen molar-refractivity contribution >= 4 is 16.8 Å². The molecule has 0 radical (unpaired) electrons. The molecule has 0 amide bonds. The molecule has 0 heterocycles. The van der Waals surface area contributed by atoms with E-state index in [1.54, 1.807) is 6.08 Å². The molecule has 0 unspecified atom stereocenters. The molecule has 0 saturated heterocycles. The smallest absolute Gasteiger partial charge is 0.131 e. The maximum atomic E-state index is 13.8. The van der Waals surface area contributed by atoms with Crippen molar-refractivity contribution in [2.45, 2.75) is 40.5 Å². The number of aryl methyl sites for hydroxylation is 1. The van der Waals surface area contributed by atoms with Crippen LogP contribution < -0.4 is 0 Å². The summed E-state index contributed by atoms with van der Waals surface area (Å²) in [6, 6.07) is 7.59. The lowest BCUT2D eigenvalue weighted by Gasteiger charge is -2.14. The average molecular weight is 258 g/mol. The van der Waals surface area contributed by atoms with E-state index in [1.807, 2.05) is 19.9 Å². The van der Waals surface area contributed by atoms with Crippen LogP contribution >= 0.6 is 0 Å². The van der Waals surface area contributed by atoms with Gasteiger partial charge in [0.05, 0.1) is 0 Å². The number of halogens is 1. The molecule has 0 bridgehead atoms. The van der Waals surface area contributed by atoms with Crippen molar-refractivity contribution in [1.82, 2.24) is 0 Å². The van der Waals surface area contributed by atoms with Gasteiger partial charge in [-0.3, -0.25) is 0 Å². The fraction of sp³-hybridized carbons (Fsp3) is 0.333. The maximum Gasteiger partial charge on any atom is 0.131 e. The normalized spacial score (nSPS) is 10.3. The zero-order valence-corrected chi connectivity index (χ0v) is 12.5. The van der Waals surface area contributed by atoms with Crippen LogP contribution in [0.25, 0.3) is 16.8 Å². The van der Waals surface area contributed by atoms with Crippen LogP contribution in [0.5, 0.6) is 0 Å². The van der Waals surface area contributed by atoms with E-state index in [2.05, 4.69) is 39.5 Å². The molecule has 0 fully saturated rings. The van der Waals surface area contributed by atoms with E-state index in [-0.39, 0.29) is 5.82 Å². The Morgan fingerprint density at radius 2 is 1.79 bits per heavy atom. The Labute approximate surface area is 116 Å². The van der Waals surface area contributed by atoms with Crippen molar-refractivity contribution in [3.63, 3.8) is 0 Å². The van der Waals surface area contributed by atoms with Gasteiger partial charge in [-0.25, -0.2) is 4.39 Å². The van der Waals surface area contributed by atoms with Crippen molar-refractivity contribution in [2.24, 2.45) is 0 Å². The molecule has 1 heteroatoms. The molecule has 2 aromatic carbocycles. The Balaban J connectivity index is 0.000000861. The van der Waals surface area contributed by atoms with Gasteiger partial charge >= 0.3 is 0 Å². The first-order valence-corrected chi connectivity index (χ1v) is 6.89. The first-order valence-electron chi connectivity index (χ1n) is 6.89. The molecule has 0 atom stereocenters. The van der Waals surface area contributed by atoms with Crippen molar-refractivity contribution < 1.29 is 4.39 Å². The third-order valence-corrected chi connectivity index (χ3v) is 3.11. The SMILES string of the molecule is C=Cc1c(F)ccc2cc(C)cc(C(C)C)c12.CC. The highest BCUT2D eigenvalue weighted by molar-refractivity contribution is 5.94. The van der Waals surface area contributed by atoms with Crippen molar-refractivity contribution in [2.75, 3.05) is 0 Å². The van der Waals surface area contributed by atoms with Gasteiger partial charge in [0.15, 0.2) is 0 Å². The van der Waals surface area contributed by atoms with E-state index in [4.69, 9.17) is 0 Å². The van der Waals surface area contributed by atoms with Crippen LogP contribution in [-0.4, -0.2) is 0 Å². The summed E-state index contributed by atoms with van der Waals surface area (Å²) < 4.78 is 13.8. The van der Waals surface area contributed by atoms with E-state index >= 15 is 0 Å². The molecular formula is C18H23F. The van der Waals surface area contributed by atoms with Crippen LogP contribution in [-0.2, 0) is 0 Å². The molecule has 0 saturated carbocycles. The molecule has 0 aliphatic heterocycles. The summed E-state index contributed by atoms with van der Waals surface area (Å²) in [7, 11) is 0. The fourth-order valence-corrected chi connectivity index (χ4v) is 2.31. The summed E-state index contributed by atoms with van der Waals surface area (Å²) in [5.74, 6) is 0.177. The molecule has 0 aromatic heterocycles. The lowest BCUT2D eigenvalue weighted by molar-refractivity contribution is 0.627. The van der Waals surface area contributed by atoms with E-state index in [1.165, 1.54) is 17.2 Å². The van der Waals surface area contributed by atoms with Crippen LogP contribution in [0.4, 0.5) is 4.39 Å². The van der Waals surface area contributed by atoms with Crippen LogP contribution in [0.2, 0.25) is 0 Å². The van der Waals surface area contributed by atoms with Gasteiger partial charge in [0.25, 0.3) is 0 Å². The summed E-state index contributed by atoms with van der Waals surface area (Å²) in [4.78, 5) is 0. The van der Waals surface area contributed by atoms with Gasteiger partial charge in [-0.05, 0) is 35.2 Å². The summed E-state index contributed by atoms with van der Waals surface area (Å²) >= 11 is 0. The number of rotatable bonds is 2. The summed E-state index contributed by atoms with van der Waals surface area (Å²) in [6.07, 6.45) is 1.61. The first kappa shape index (κ1) is 15.4. The van der Waals surface area contributed by atoms with Crippen molar-refractivity contribution in [3.8, 4) is 0 Å². The molecule has 0 N–H and O–H groups in total. The number of benzene rings is 2. The minimum atomic E-state index is -0.196. The first-order chi connectivity index (χ1) is 9.04. The molecule has 0 spiro atoms. The average Bonchev–Trinajstić information content (AvgIpc) is 2.40. The topological polar surface area (TPSA) is 0 Å². The quantitative estimate of drug-likeness (QED) is 0.612. The molecule has 2 aromatic rings. The van der Waals surface area contributed by atoms with E-state index in [0.717, 1.165) is 10.8 Å². The monoisotopic (exact) mass is 258 g/mol. The Kier molecular flexibility index (Phi) is 5.29. The fourth-order valence-electron chi connectivity index (χ4n) is 2.31. The second-order valence-corrected chi connectivity index (χ2v) is 4.77. The third kappa shape index (κ3) is 3.04. The second kappa shape index (κ2) is 6.51. The summed E-state index contributed by atoms with van der Waals surface area (Å²) in [5.41, 5.74) is 3.02. The van der Waals surface area contributed by atoms with E-state index in [9.17, 15) is 4.39 Å². The Morgan fingerprint density at radius 1 is 1.16 bits per heavy atom. The van der Waals surface area contributed by atoms with Crippen molar-refractivity contribution in [3.05, 3.63) is 53.4 Å². The molecule has 102 valence electrons. The molecule has 0 aliphatic carbocycles. The largest absolute Gasteiger partial charge is 0.206 e. The van der Waals surface area contributed by atoms with E-state index in [0.29, 0.717) is 11.5 Å². The maximum absolute atomic E-state index is 13.8. The predicted octanol–water partition coefficient (Wildman–Crippen LogP) is 6.08. The Hall–Kier alpha value is -1.63.